The van der Waals surface area contributed by atoms with Crippen molar-refractivity contribution in [3.8, 4) is 0 Å². The lowest BCUT2D eigenvalue weighted by Crippen LogP contribution is -2.17. The van der Waals surface area contributed by atoms with Crippen molar-refractivity contribution in [2.75, 3.05) is 0 Å². The summed E-state index contributed by atoms with van der Waals surface area (Å²) in [5.41, 5.74) is 6.38. The summed E-state index contributed by atoms with van der Waals surface area (Å²) in [6, 6.07) is 3.45. The fourth-order valence-corrected chi connectivity index (χ4v) is 1.51. The molecule has 5 heteroatoms. The van der Waals surface area contributed by atoms with Gasteiger partial charge in [-0.15, -0.1) is 0 Å². The Kier molecular flexibility index (Phi) is 3.95. The number of aliphatic carboxylic acids is 1. The molecule has 1 aromatic carbocycles. The van der Waals surface area contributed by atoms with Gasteiger partial charge < -0.3 is 10.8 Å². The topological polar surface area (TPSA) is 63.3 Å². The van der Waals surface area contributed by atoms with Crippen LogP contribution in [0.1, 0.15) is 35.6 Å². The first-order valence-electron chi connectivity index (χ1n) is 4.77. The fraction of sp³-hybridized carbons (Fsp3) is 0.364. The Morgan fingerprint density at radius 2 is 2.06 bits per heavy atom. The lowest BCUT2D eigenvalue weighted by atomic mass is 9.97. The number of halogens is 2. The highest BCUT2D eigenvalue weighted by molar-refractivity contribution is 5.68. The molecule has 0 heterocycles. The largest absolute Gasteiger partial charge is 0.481 e. The smallest absolute Gasteiger partial charge is 0.305 e. The zero-order valence-corrected chi connectivity index (χ0v) is 8.78. The summed E-state index contributed by atoms with van der Waals surface area (Å²) >= 11 is 0. The van der Waals surface area contributed by atoms with E-state index < -0.39 is 18.4 Å². The van der Waals surface area contributed by atoms with E-state index in [1.54, 1.807) is 13.0 Å². The molecular formula is C11H13F2NO2. The second kappa shape index (κ2) is 5.03. The molecule has 1 atom stereocenters. The molecule has 1 rings (SSSR count). The van der Waals surface area contributed by atoms with E-state index in [1.807, 2.05) is 0 Å². The van der Waals surface area contributed by atoms with Crippen LogP contribution in [0.15, 0.2) is 18.2 Å². The molecule has 0 saturated carbocycles. The predicted molar refractivity (Wildman–Crippen MR) is 55.3 cm³/mol. The van der Waals surface area contributed by atoms with E-state index in [0.29, 0.717) is 0 Å². The summed E-state index contributed by atoms with van der Waals surface area (Å²) in [7, 11) is 0. The number of hydrogen-bond donors (Lipinski definition) is 2. The molecule has 1 aromatic rings. The van der Waals surface area contributed by atoms with Gasteiger partial charge in [-0.05, 0) is 12.5 Å². The van der Waals surface area contributed by atoms with Crippen LogP contribution in [0.2, 0.25) is 0 Å². The Hall–Kier alpha value is -1.49. The molecular weight excluding hydrogens is 216 g/mol. The predicted octanol–water partition coefficient (Wildman–Crippen LogP) is 2.41. The Morgan fingerprint density at radius 3 is 2.56 bits per heavy atom. The first-order chi connectivity index (χ1) is 7.41. The zero-order chi connectivity index (χ0) is 12.3. The highest BCUT2D eigenvalue weighted by atomic mass is 19.3. The lowest BCUT2D eigenvalue weighted by Gasteiger charge is -2.15. The summed E-state index contributed by atoms with van der Waals surface area (Å²) in [6.07, 6.45) is -3.00. The van der Waals surface area contributed by atoms with Crippen molar-refractivity contribution in [2.24, 2.45) is 5.73 Å². The maximum Gasteiger partial charge on any atom is 0.305 e. The van der Waals surface area contributed by atoms with Gasteiger partial charge in [0.1, 0.15) is 0 Å². The molecule has 0 aromatic heterocycles. The van der Waals surface area contributed by atoms with E-state index in [-0.39, 0.29) is 17.5 Å². The molecule has 0 amide bonds. The minimum Gasteiger partial charge on any atom is -0.481 e. The molecule has 1 unspecified atom stereocenters. The van der Waals surface area contributed by atoms with E-state index >= 15 is 0 Å². The van der Waals surface area contributed by atoms with Gasteiger partial charge in [-0.25, -0.2) is 8.78 Å². The average Bonchev–Trinajstić information content (AvgIpc) is 2.15. The SMILES string of the molecule is Cc1ccc(C(F)F)c(C(N)CC(=O)O)c1. The van der Waals surface area contributed by atoms with Gasteiger partial charge >= 0.3 is 5.97 Å². The second-order valence-corrected chi connectivity index (χ2v) is 3.64. The van der Waals surface area contributed by atoms with E-state index in [4.69, 9.17) is 10.8 Å². The third kappa shape index (κ3) is 3.00. The number of carboxylic acids is 1. The Labute approximate surface area is 91.9 Å². The molecule has 3 N–H and O–H groups in total. The van der Waals surface area contributed by atoms with Crippen molar-refractivity contribution < 1.29 is 18.7 Å². The first-order valence-corrected chi connectivity index (χ1v) is 4.77. The van der Waals surface area contributed by atoms with Crippen molar-refractivity contribution in [2.45, 2.75) is 25.8 Å². The number of hydrogen-bond acceptors (Lipinski definition) is 2. The first kappa shape index (κ1) is 12.6. The molecule has 0 fully saturated rings. The number of benzene rings is 1. The van der Waals surface area contributed by atoms with E-state index in [0.717, 1.165) is 5.56 Å². The third-order valence-corrected chi connectivity index (χ3v) is 2.27. The molecule has 3 nitrogen and oxygen atoms in total. The molecule has 0 aliphatic carbocycles. The van der Waals surface area contributed by atoms with E-state index in [2.05, 4.69) is 0 Å². The normalized spacial score (nSPS) is 12.8. The summed E-state index contributed by atoms with van der Waals surface area (Å²) < 4.78 is 25.3. The van der Waals surface area contributed by atoms with Crippen LogP contribution < -0.4 is 5.73 Å². The van der Waals surface area contributed by atoms with Gasteiger partial charge in [0.25, 0.3) is 6.43 Å². The Bertz CT molecular complexity index is 394. The monoisotopic (exact) mass is 229 g/mol. The van der Waals surface area contributed by atoms with E-state index in [1.165, 1.54) is 12.1 Å². The van der Waals surface area contributed by atoms with Gasteiger partial charge in [0.15, 0.2) is 0 Å². The van der Waals surface area contributed by atoms with E-state index in [9.17, 15) is 13.6 Å². The number of carboxylic acid groups (broad SMARTS) is 1. The van der Waals surface area contributed by atoms with Crippen molar-refractivity contribution in [1.82, 2.24) is 0 Å². The van der Waals surface area contributed by atoms with Gasteiger partial charge in [-0.1, -0.05) is 23.8 Å². The lowest BCUT2D eigenvalue weighted by molar-refractivity contribution is -0.137. The van der Waals surface area contributed by atoms with Crippen molar-refractivity contribution >= 4 is 5.97 Å². The number of nitrogens with two attached hydrogens (primary N) is 1. The van der Waals surface area contributed by atoms with Gasteiger partial charge in [0.2, 0.25) is 0 Å². The van der Waals surface area contributed by atoms with Crippen molar-refractivity contribution in [3.63, 3.8) is 0 Å². The molecule has 88 valence electrons. The van der Waals surface area contributed by atoms with Crippen molar-refractivity contribution in [3.05, 3.63) is 34.9 Å². The highest BCUT2D eigenvalue weighted by Crippen LogP contribution is 2.28. The van der Waals surface area contributed by atoms with Crippen LogP contribution >= 0.6 is 0 Å². The van der Waals surface area contributed by atoms with Gasteiger partial charge in [0, 0.05) is 11.6 Å². The molecule has 0 bridgehead atoms. The maximum absolute atomic E-state index is 12.7. The fourth-order valence-electron chi connectivity index (χ4n) is 1.51. The molecule has 0 saturated heterocycles. The number of rotatable bonds is 4. The number of alkyl halides is 2. The molecule has 0 aliphatic rings. The summed E-state index contributed by atoms with van der Waals surface area (Å²) in [5, 5.41) is 8.58. The average molecular weight is 229 g/mol. The van der Waals surface area contributed by atoms with Gasteiger partial charge in [-0.2, -0.15) is 0 Å². The quantitative estimate of drug-likeness (QED) is 0.833. The van der Waals surface area contributed by atoms with Gasteiger partial charge in [0.05, 0.1) is 6.42 Å². The summed E-state index contributed by atoms with van der Waals surface area (Å²) in [4.78, 5) is 10.5. The van der Waals surface area contributed by atoms with Crippen molar-refractivity contribution in [1.29, 1.82) is 0 Å². The standard InChI is InChI=1S/C11H13F2NO2/c1-6-2-3-7(11(12)13)8(4-6)9(14)5-10(15)16/h2-4,9,11H,5,14H2,1H3,(H,15,16). The molecule has 0 spiro atoms. The molecule has 0 aliphatic heterocycles. The maximum atomic E-state index is 12.7. The Balaban J connectivity index is 3.08. The minimum atomic E-state index is -2.64. The third-order valence-electron chi connectivity index (χ3n) is 2.27. The van der Waals surface area contributed by atoms with Crippen LogP contribution in [0.25, 0.3) is 0 Å². The van der Waals surface area contributed by atoms with Gasteiger partial charge in [-0.3, -0.25) is 4.79 Å². The van der Waals surface area contributed by atoms with Crippen LogP contribution in [-0.2, 0) is 4.79 Å². The zero-order valence-electron chi connectivity index (χ0n) is 8.78. The summed E-state index contributed by atoms with van der Waals surface area (Å²) in [5.74, 6) is -1.10. The minimum absolute atomic E-state index is 0.195. The second-order valence-electron chi connectivity index (χ2n) is 3.64. The number of aryl methyl sites for hydroxylation is 1. The highest BCUT2D eigenvalue weighted by Gasteiger charge is 2.19. The van der Waals surface area contributed by atoms with Crippen LogP contribution in [0, 0.1) is 6.92 Å². The van der Waals surface area contributed by atoms with Crippen LogP contribution in [0.4, 0.5) is 8.78 Å². The van der Waals surface area contributed by atoms with Crippen LogP contribution in [-0.4, -0.2) is 11.1 Å². The van der Waals surface area contributed by atoms with Crippen LogP contribution in [0.5, 0.6) is 0 Å². The Morgan fingerprint density at radius 1 is 1.44 bits per heavy atom. The van der Waals surface area contributed by atoms with Crippen LogP contribution in [0.3, 0.4) is 0 Å². The molecule has 16 heavy (non-hydrogen) atoms. The molecule has 0 radical (unpaired) electrons. The summed E-state index contributed by atoms with van der Waals surface area (Å²) in [6.45, 7) is 1.74. The number of carbonyl (C=O) groups is 1.